The molecule has 2 aliphatic rings. The van der Waals surface area contributed by atoms with E-state index in [-0.39, 0.29) is 11.8 Å². The maximum atomic E-state index is 13.2. The Bertz CT molecular complexity index is 1230. The van der Waals surface area contributed by atoms with Crippen molar-refractivity contribution in [2.45, 2.75) is 31.2 Å². The van der Waals surface area contributed by atoms with Gasteiger partial charge in [0.25, 0.3) is 11.8 Å². The molecule has 2 heterocycles. The molecule has 2 aromatic carbocycles. The minimum Gasteiger partial charge on any atom is -0.334 e. The summed E-state index contributed by atoms with van der Waals surface area (Å²) in [6.07, 6.45) is 3.31. The lowest BCUT2D eigenvalue weighted by Crippen LogP contribution is -2.27. The summed E-state index contributed by atoms with van der Waals surface area (Å²) in [6, 6.07) is 17.9. The molecular weight excluding hydrogens is 466 g/mol. The number of thiophene rings is 1. The van der Waals surface area contributed by atoms with Crippen molar-refractivity contribution >= 4 is 40.4 Å². The molecule has 0 radical (unpaired) electrons. The van der Waals surface area contributed by atoms with E-state index in [1.54, 1.807) is 18.2 Å². The fourth-order valence-electron chi connectivity index (χ4n) is 4.91. The summed E-state index contributed by atoms with van der Waals surface area (Å²) in [5.74, 6) is -0.283. The average Bonchev–Trinajstić information content (AvgIpc) is 3.31. The van der Waals surface area contributed by atoms with Crippen molar-refractivity contribution < 1.29 is 9.59 Å². The molecule has 1 saturated carbocycles. The first-order chi connectivity index (χ1) is 16.3. The second-order valence-corrected chi connectivity index (χ2v) is 11.3. The highest BCUT2D eigenvalue weighted by Crippen LogP contribution is 2.48. The maximum Gasteiger partial charge on any atom is 0.265 e. The molecule has 34 heavy (non-hydrogen) atoms. The lowest BCUT2D eigenvalue weighted by molar-refractivity contribution is 0.0781. The van der Waals surface area contributed by atoms with Gasteiger partial charge in [0.15, 0.2) is 0 Å². The topological polar surface area (TPSA) is 52.6 Å². The van der Waals surface area contributed by atoms with Gasteiger partial charge in [-0.3, -0.25) is 9.59 Å². The van der Waals surface area contributed by atoms with E-state index in [9.17, 15) is 9.59 Å². The molecule has 1 N–H and O–H groups in total. The van der Waals surface area contributed by atoms with Crippen LogP contribution in [0.2, 0.25) is 4.34 Å². The van der Waals surface area contributed by atoms with Crippen molar-refractivity contribution in [2.75, 3.05) is 32.5 Å². The molecular formula is C27H28ClN3O2S. The van der Waals surface area contributed by atoms with Gasteiger partial charge in [-0.2, -0.15) is 0 Å². The molecule has 7 heteroatoms. The molecule has 0 atom stereocenters. The number of halogens is 1. The summed E-state index contributed by atoms with van der Waals surface area (Å²) in [7, 11) is 4.27. The van der Waals surface area contributed by atoms with Crippen LogP contribution in [0, 0.1) is 0 Å². The minimum atomic E-state index is -0.251. The van der Waals surface area contributed by atoms with E-state index in [1.807, 2.05) is 17.0 Å². The molecule has 1 fully saturated rings. The van der Waals surface area contributed by atoms with Gasteiger partial charge in [-0.15, -0.1) is 11.3 Å². The standard InChI is InChI=1S/C27H28ClN3O2S/c1-30(2)17-27(13-14-27)20-8-6-18(7-9-20)12-15-31-16-19-4-3-5-21(24(19)26(31)33)29-25(32)22-10-11-23(28)34-22/h3-11H,12-17H2,1-2H3,(H,29,32). The van der Waals surface area contributed by atoms with E-state index in [1.165, 1.54) is 35.3 Å². The third kappa shape index (κ3) is 4.63. The van der Waals surface area contributed by atoms with Crippen molar-refractivity contribution in [3.8, 4) is 0 Å². The van der Waals surface area contributed by atoms with Gasteiger partial charge in [0.1, 0.15) is 0 Å². The molecule has 5 nitrogen and oxygen atoms in total. The van der Waals surface area contributed by atoms with Crippen LogP contribution >= 0.6 is 22.9 Å². The van der Waals surface area contributed by atoms with Crippen molar-refractivity contribution in [3.05, 3.63) is 86.1 Å². The van der Waals surface area contributed by atoms with Crippen LogP contribution in [-0.4, -0.2) is 48.8 Å². The Morgan fingerprint density at radius 2 is 1.88 bits per heavy atom. The largest absolute Gasteiger partial charge is 0.334 e. The number of hydrogen-bond donors (Lipinski definition) is 1. The van der Waals surface area contributed by atoms with Gasteiger partial charge in [-0.25, -0.2) is 0 Å². The van der Waals surface area contributed by atoms with Gasteiger partial charge in [0, 0.05) is 25.0 Å². The summed E-state index contributed by atoms with van der Waals surface area (Å²) in [4.78, 5) is 30.5. The molecule has 176 valence electrons. The Labute approximate surface area is 209 Å². The smallest absolute Gasteiger partial charge is 0.265 e. The monoisotopic (exact) mass is 493 g/mol. The summed E-state index contributed by atoms with van der Waals surface area (Å²) >= 11 is 7.18. The van der Waals surface area contributed by atoms with Crippen LogP contribution in [0.1, 0.15) is 49.6 Å². The van der Waals surface area contributed by atoms with E-state index in [0.717, 1.165) is 18.5 Å². The summed E-state index contributed by atoms with van der Waals surface area (Å²) < 4.78 is 0.559. The van der Waals surface area contributed by atoms with E-state index in [4.69, 9.17) is 11.6 Å². The summed E-state index contributed by atoms with van der Waals surface area (Å²) in [5, 5.41) is 2.90. The molecule has 0 spiro atoms. The number of hydrogen-bond acceptors (Lipinski definition) is 4. The van der Waals surface area contributed by atoms with Gasteiger partial charge in [-0.1, -0.05) is 48.0 Å². The zero-order valence-corrected chi connectivity index (χ0v) is 21.0. The lowest BCUT2D eigenvalue weighted by atomic mass is 9.94. The molecule has 0 saturated heterocycles. The van der Waals surface area contributed by atoms with Crippen LogP contribution in [0.4, 0.5) is 5.69 Å². The summed E-state index contributed by atoms with van der Waals surface area (Å²) in [6.45, 7) is 2.29. The number of anilines is 1. The lowest BCUT2D eigenvalue weighted by Gasteiger charge is -2.21. The van der Waals surface area contributed by atoms with Gasteiger partial charge < -0.3 is 15.1 Å². The Morgan fingerprint density at radius 3 is 2.53 bits per heavy atom. The molecule has 1 aliphatic carbocycles. The first-order valence-electron chi connectivity index (χ1n) is 11.6. The number of carbonyl (C=O) groups excluding carboxylic acids is 2. The second-order valence-electron chi connectivity index (χ2n) is 9.59. The Balaban J connectivity index is 1.23. The molecule has 5 rings (SSSR count). The fraction of sp³-hybridized carbons (Fsp3) is 0.333. The molecule has 2 amide bonds. The first-order valence-corrected chi connectivity index (χ1v) is 12.8. The quantitative estimate of drug-likeness (QED) is 0.454. The highest BCUT2D eigenvalue weighted by molar-refractivity contribution is 7.18. The Morgan fingerprint density at radius 1 is 1.12 bits per heavy atom. The number of fused-ring (bicyclic) bond motifs is 1. The number of nitrogens with one attached hydrogen (secondary N) is 1. The van der Waals surface area contributed by atoms with E-state index in [0.29, 0.717) is 39.0 Å². The predicted octanol–water partition coefficient (Wildman–Crippen LogP) is 5.45. The van der Waals surface area contributed by atoms with Crippen molar-refractivity contribution in [2.24, 2.45) is 0 Å². The molecule has 0 unspecified atom stereocenters. The molecule has 1 aliphatic heterocycles. The summed E-state index contributed by atoms with van der Waals surface area (Å²) in [5.41, 5.74) is 5.07. The van der Waals surface area contributed by atoms with Crippen LogP contribution in [-0.2, 0) is 18.4 Å². The van der Waals surface area contributed by atoms with Gasteiger partial charge >= 0.3 is 0 Å². The SMILES string of the molecule is CN(C)CC1(c2ccc(CCN3Cc4cccc(NC(=O)c5ccc(Cl)s5)c4C3=O)cc2)CC1. The van der Waals surface area contributed by atoms with Crippen LogP contribution in [0.5, 0.6) is 0 Å². The highest BCUT2D eigenvalue weighted by Gasteiger charge is 2.44. The van der Waals surface area contributed by atoms with E-state index in [2.05, 4.69) is 48.6 Å². The first kappa shape index (κ1) is 23.1. The van der Waals surface area contributed by atoms with Crippen LogP contribution in [0.15, 0.2) is 54.6 Å². The van der Waals surface area contributed by atoms with Crippen LogP contribution < -0.4 is 5.32 Å². The van der Waals surface area contributed by atoms with Crippen molar-refractivity contribution in [1.82, 2.24) is 9.80 Å². The average molecular weight is 494 g/mol. The van der Waals surface area contributed by atoms with Gasteiger partial charge in [0.05, 0.1) is 20.5 Å². The fourth-order valence-corrected chi connectivity index (χ4v) is 5.85. The number of rotatable bonds is 8. The van der Waals surface area contributed by atoms with Crippen molar-refractivity contribution in [3.63, 3.8) is 0 Å². The number of amides is 2. The highest BCUT2D eigenvalue weighted by atomic mass is 35.5. The third-order valence-electron chi connectivity index (χ3n) is 6.77. The maximum absolute atomic E-state index is 13.2. The van der Waals surface area contributed by atoms with Gasteiger partial charge in [0.2, 0.25) is 0 Å². The van der Waals surface area contributed by atoms with E-state index >= 15 is 0 Å². The molecule has 3 aromatic rings. The number of carbonyl (C=O) groups is 2. The Hall–Kier alpha value is -2.67. The Kier molecular flexibility index (Phi) is 6.23. The van der Waals surface area contributed by atoms with Crippen LogP contribution in [0.25, 0.3) is 0 Å². The third-order valence-corrected chi connectivity index (χ3v) is 8.00. The molecule has 0 bridgehead atoms. The van der Waals surface area contributed by atoms with E-state index < -0.39 is 0 Å². The van der Waals surface area contributed by atoms with Gasteiger partial charge in [-0.05, 0) is 68.2 Å². The normalized spacial score (nSPS) is 16.1. The minimum absolute atomic E-state index is 0.0327. The zero-order valence-electron chi connectivity index (χ0n) is 19.4. The zero-order chi connectivity index (χ0) is 23.9. The number of likely N-dealkylation sites (N-methyl/N-ethyl adjacent to an activating group) is 1. The number of benzene rings is 2. The van der Waals surface area contributed by atoms with Crippen LogP contribution in [0.3, 0.4) is 0 Å². The number of nitrogens with zero attached hydrogens (tertiary/aromatic N) is 2. The molecule has 1 aromatic heterocycles. The second kappa shape index (κ2) is 9.17. The van der Waals surface area contributed by atoms with Crippen molar-refractivity contribution in [1.29, 1.82) is 0 Å². The predicted molar refractivity (Wildman–Crippen MR) is 138 cm³/mol.